The summed E-state index contributed by atoms with van der Waals surface area (Å²) in [7, 11) is 4.09. The fourth-order valence-electron chi connectivity index (χ4n) is 3.14. The summed E-state index contributed by atoms with van der Waals surface area (Å²) in [5.41, 5.74) is 5.75. The Balaban J connectivity index is 1.48. The third-order valence-corrected chi connectivity index (χ3v) is 6.81. The number of nitrogens with zero attached hydrogens (tertiary/aromatic N) is 5. The Bertz CT molecular complexity index is 1110. The van der Waals surface area contributed by atoms with Crippen LogP contribution in [-0.4, -0.2) is 33.8 Å². The van der Waals surface area contributed by atoms with Gasteiger partial charge in [-0.15, -0.1) is 21.5 Å². The van der Waals surface area contributed by atoms with Gasteiger partial charge < -0.3 is 9.47 Å². The van der Waals surface area contributed by atoms with Gasteiger partial charge in [0.2, 0.25) is 0 Å². The Kier molecular flexibility index (Phi) is 6.20. The first kappa shape index (κ1) is 20.6. The van der Waals surface area contributed by atoms with Gasteiger partial charge in [-0.25, -0.2) is 4.98 Å². The molecular weight excluding hydrogens is 410 g/mol. The third kappa shape index (κ3) is 4.42. The molecule has 0 spiro atoms. The van der Waals surface area contributed by atoms with E-state index in [0.29, 0.717) is 0 Å². The Labute approximate surface area is 185 Å². The van der Waals surface area contributed by atoms with Crippen molar-refractivity contribution >= 4 is 28.8 Å². The van der Waals surface area contributed by atoms with Crippen LogP contribution in [0.25, 0.3) is 22.0 Å². The molecule has 0 fully saturated rings. The van der Waals surface area contributed by atoms with E-state index in [0.717, 1.165) is 39.5 Å². The van der Waals surface area contributed by atoms with Gasteiger partial charge in [-0.3, -0.25) is 0 Å². The van der Waals surface area contributed by atoms with Crippen molar-refractivity contribution in [2.24, 2.45) is 0 Å². The highest BCUT2D eigenvalue weighted by Gasteiger charge is 2.14. The van der Waals surface area contributed by atoms with E-state index in [2.05, 4.69) is 87.4 Å². The van der Waals surface area contributed by atoms with Crippen LogP contribution in [-0.2, 0) is 12.3 Å². The van der Waals surface area contributed by atoms with E-state index in [1.165, 1.54) is 16.8 Å². The molecule has 2 aromatic heterocycles. The largest absolute Gasteiger partial charge is 0.378 e. The minimum absolute atomic E-state index is 0.778. The molecule has 4 rings (SSSR count). The molecule has 2 aromatic carbocycles. The van der Waals surface area contributed by atoms with Crippen LogP contribution in [0.4, 0.5) is 5.69 Å². The van der Waals surface area contributed by atoms with Gasteiger partial charge >= 0.3 is 0 Å². The summed E-state index contributed by atoms with van der Waals surface area (Å²) in [6.45, 7) is 5.05. The molecule has 0 radical (unpaired) electrons. The van der Waals surface area contributed by atoms with Gasteiger partial charge in [-0.1, -0.05) is 41.6 Å². The summed E-state index contributed by atoms with van der Waals surface area (Å²) < 4.78 is 2.17. The number of hydrogen-bond donors (Lipinski definition) is 0. The van der Waals surface area contributed by atoms with E-state index < -0.39 is 0 Å². The molecule has 30 heavy (non-hydrogen) atoms. The maximum absolute atomic E-state index is 4.81. The molecule has 2 heterocycles. The van der Waals surface area contributed by atoms with Crippen molar-refractivity contribution in [3.63, 3.8) is 0 Å². The van der Waals surface area contributed by atoms with Gasteiger partial charge in [0.05, 0.1) is 5.69 Å². The predicted octanol–water partition coefficient (Wildman–Crippen LogP) is 5.76. The van der Waals surface area contributed by atoms with Crippen molar-refractivity contribution in [1.29, 1.82) is 0 Å². The lowest BCUT2D eigenvalue weighted by molar-refractivity contribution is 0.687. The molecule has 154 valence electrons. The summed E-state index contributed by atoms with van der Waals surface area (Å²) in [6.07, 6.45) is 0. The molecule has 0 bridgehead atoms. The Morgan fingerprint density at radius 3 is 2.33 bits per heavy atom. The minimum Gasteiger partial charge on any atom is -0.378 e. The number of aryl methyl sites for hydroxylation is 1. The van der Waals surface area contributed by atoms with Crippen LogP contribution in [0.1, 0.15) is 18.2 Å². The van der Waals surface area contributed by atoms with Gasteiger partial charge in [0.15, 0.2) is 11.0 Å². The zero-order chi connectivity index (χ0) is 21.1. The second-order valence-electron chi connectivity index (χ2n) is 7.29. The Hall–Kier alpha value is -2.64. The summed E-state index contributed by atoms with van der Waals surface area (Å²) in [4.78, 5) is 6.90. The molecule has 0 aliphatic rings. The van der Waals surface area contributed by atoms with Crippen molar-refractivity contribution < 1.29 is 0 Å². The number of thioether (sulfide) groups is 1. The molecule has 0 unspecified atom stereocenters. The van der Waals surface area contributed by atoms with E-state index in [1.807, 2.05) is 14.1 Å². The maximum atomic E-state index is 4.81. The lowest BCUT2D eigenvalue weighted by Gasteiger charge is -2.13. The summed E-state index contributed by atoms with van der Waals surface area (Å²) in [5, 5.41) is 13.0. The SMILES string of the molecule is CCn1c(SCc2csc(-c3ccc(C)cc3)n2)nnc1-c1ccc(N(C)C)cc1. The van der Waals surface area contributed by atoms with Crippen LogP contribution in [0.5, 0.6) is 0 Å². The van der Waals surface area contributed by atoms with Crippen LogP contribution in [0, 0.1) is 6.92 Å². The fourth-order valence-corrected chi connectivity index (χ4v) is 4.97. The fraction of sp³-hybridized carbons (Fsp3) is 0.261. The van der Waals surface area contributed by atoms with Crippen LogP contribution < -0.4 is 4.90 Å². The lowest BCUT2D eigenvalue weighted by atomic mass is 10.2. The first-order valence-corrected chi connectivity index (χ1v) is 11.8. The number of thiazole rings is 1. The van der Waals surface area contributed by atoms with Crippen molar-refractivity contribution in [3.8, 4) is 22.0 Å². The average molecular weight is 436 g/mol. The highest BCUT2D eigenvalue weighted by atomic mass is 32.2. The molecule has 0 atom stereocenters. The molecule has 5 nitrogen and oxygen atoms in total. The van der Waals surface area contributed by atoms with Crippen LogP contribution in [0.15, 0.2) is 59.1 Å². The number of benzene rings is 2. The average Bonchev–Trinajstić information content (AvgIpc) is 3.39. The lowest BCUT2D eigenvalue weighted by Crippen LogP contribution is -2.08. The first-order valence-electron chi connectivity index (χ1n) is 9.90. The number of aromatic nitrogens is 4. The van der Waals surface area contributed by atoms with Crippen molar-refractivity contribution in [2.45, 2.75) is 31.3 Å². The van der Waals surface area contributed by atoms with E-state index in [4.69, 9.17) is 4.98 Å². The molecule has 0 amide bonds. The highest BCUT2D eigenvalue weighted by Crippen LogP contribution is 2.30. The van der Waals surface area contributed by atoms with Crippen LogP contribution >= 0.6 is 23.1 Å². The van der Waals surface area contributed by atoms with Crippen LogP contribution in [0.2, 0.25) is 0 Å². The zero-order valence-electron chi connectivity index (χ0n) is 17.7. The van der Waals surface area contributed by atoms with E-state index >= 15 is 0 Å². The van der Waals surface area contributed by atoms with Crippen LogP contribution in [0.3, 0.4) is 0 Å². The van der Waals surface area contributed by atoms with Gasteiger partial charge in [0.25, 0.3) is 0 Å². The van der Waals surface area contributed by atoms with Crippen molar-refractivity contribution in [3.05, 3.63) is 65.2 Å². The summed E-state index contributed by atoms with van der Waals surface area (Å²) in [6, 6.07) is 16.9. The van der Waals surface area contributed by atoms with E-state index in [-0.39, 0.29) is 0 Å². The predicted molar refractivity (Wildman–Crippen MR) is 127 cm³/mol. The van der Waals surface area contributed by atoms with Gasteiger partial charge in [-0.05, 0) is 38.1 Å². The molecular formula is C23H25N5S2. The summed E-state index contributed by atoms with van der Waals surface area (Å²) in [5.74, 6) is 1.68. The number of hydrogen-bond acceptors (Lipinski definition) is 6. The van der Waals surface area contributed by atoms with Gasteiger partial charge in [-0.2, -0.15) is 0 Å². The Morgan fingerprint density at radius 2 is 1.67 bits per heavy atom. The molecule has 0 saturated heterocycles. The monoisotopic (exact) mass is 435 g/mol. The molecule has 0 aliphatic heterocycles. The molecule has 4 aromatic rings. The minimum atomic E-state index is 0.778. The molecule has 0 aliphatic carbocycles. The second-order valence-corrected chi connectivity index (χ2v) is 9.09. The Morgan fingerprint density at radius 1 is 0.967 bits per heavy atom. The summed E-state index contributed by atoms with van der Waals surface area (Å²) >= 11 is 3.37. The number of rotatable bonds is 7. The van der Waals surface area contributed by atoms with E-state index in [9.17, 15) is 0 Å². The van der Waals surface area contributed by atoms with Gasteiger partial charge in [0, 0.05) is 48.6 Å². The standard InChI is InChI=1S/C23H25N5S2/c1-5-28-21(17-10-12-20(13-11-17)27(3)4)25-26-23(28)30-15-19-14-29-22(24-19)18-8-6-16(2)7-9-18/h6-14H,5,15H2,1-4H3. The van der Waals surface area contributed by atoms with Crippen molar-refractivity contribution in [2.75, 3.05) is 19.0 Å². The quantitative estimate of drug-likeness (QED) is 0.346. The maximum Gasteiger partial charge on any atom is 0.191 e. The molecule has 0 saturated carbocycles. The third-order valence-electron chi connectivity index (χ3n) is 4.87. The second kappa shape index (κ2) is 9.02. The zero-order valence-corrected chi connectivity index (χ0v) is 19.3. The molecule has 7 heteroatoms. The van der Waals surface area contributed by atoms with Crippen molar-refractivity contribution in [1.82, 2.24) is 19.7 Å². The molecule has 0 N–H and O–H groups in total. The van der Waals surface area contributed by atoms with Gasteiger partial charge in [0.1, 0.15) is 5.01 Å². The smallest absolute Gasteiger partial charge is 0.191 e. The normalized spacial score (nSPS) is 11.1. The number of anilines is 1. The first-order chi connectivity index (χ1) is 14.5. The topological polar surface area (TPSA) is 46.8 Å². The highest BCUT2D eigenvalue weighted by molar-refractivity contribution is 7.98. The van der Waals surface area contributed by atoms with E-state index in [1.54, 1.807) is 23.1 Å².